The first-order chi connectivity index (χ1) is 8.83. The summed E-state index contributed by atoms with van der Waals surface area (Å²) in [6.07, 6.45) is 11.6. The largest absolute Gasteiger partial charge is 0.310 e. The fourth-order valence-corrected chi connectivity index (χ4v) is 4.92. The summed E-state index contributed by atoms with van der Waals surface area (Å²) in [6.45, 7) is 1.14. The number of aryl methyl sites for hydroxylation is 1. The summed E-state index contributed by atoms with van der Waals surface area (Å²) in [5.74, 6) is 0. The zero-order chi connectivity index (χ0) is 12.4. The van der Waals surface area contributed by atoms with E-state index in [0.717, 1.165) is 6.54 Å². The van der Waals surface area contributed by atoms with Crippen LogP contribution in [0, 0.1) is 0 Å². The fourth-order valence-electron chi connectivity index (χ4n) is 3.10. The molecule has 3 heteroatoms. The van der Waals surface area contributed by atoms with Crippen LogP contribution >= 0.6 is 27.3 Å². The summed E-state index contributed by atoms with van der Waals surface area (Å²) in [4.78, 5) is 1.59. The van der Waals surface area contributed by atoms with Gasteiger partial charge in [0.2, 0.25) is 0 Å². The maximum Gasteiger partial charge on any atom is 0.0704 e. The Morgan fingerprint density at radius 1 is 1.33 bits per heavy atom. The van der Waals surface area contributed by atoms with Crippen molar-refractivity contribution in [3.63, 3.8) is 0 Å². The molecule has 2 aliphatic rings. The minimum atomic E-state index is 0.596. The number of fused-ring (bicyclic) bond motifs is 1. The molecule has 98 valence electrons. The van der Waals surface area contributed by atoms with Crippen LogP contribution in [0.3, 0.4) is 0 Å². The third kappa shape index (κ3) is 2.89. The average Bonchev–Trinajstić information content (AvgIpc) is 2.97. The van der Waals surface area contributed by atoms with Crippen molar-refractivity contribution in [1.29, 1.82) is 0 Å². The molecule has 1 heterocycles. The van der Waals surface area contributed by atoms with E-state index in [1.54, 1.807) is 16.0 Å². The predicted octanol–water partition coefficient (Wildman–Crippen LogP) is 4.98. The van der Waals surface area contributed by atoms with E-state index in [-0.39, 0.29) is 0 Å². The Labute approximate surface area is 122 Å². The third-order valence-corrected chi connectivity index (χ3v) is 5.77. The summed E-state index contributed by atoms with van der Waals surface area (Å²) in [6, 6.07) is 2.92. The van der Waals surface area contributed by atoms with Gasteiger partial charge in [0.05, 0.1) is 3.79 Å². The van der Waals surface area contributed by atoms with Crippen molar-refractivity contribution in [2.75, 3.05) is 6.54 Å². The molecule has 0 fully saturated rings. The first-order valence-corrected chi connectivity index (χ1v) is 8.63. The molecule has 1 aromatic heterocycles. The minimum absolute atomic E-state index is 0.596. The van der Waals surface area contributed by atoms with Gasteiger partial charge in [0.25, 0.3) is 0 Å². The number of nitrogens with one attached hydrogen (secondary N) is 1. The number of allylic oxidation sites excluding steroid dienone is 1. The molecule has 18 heavy (non-hydrogen) atoms. The normalized spacial score (nSPS) is 22.9. The Morgan fingerprint density at radius 2 is 2.28 bits per heavy atom. The Bertz CT molecular complexity index is 449. The average molecular weight is 326 g/mol. The molecule has 0 aromatic carbocycles. The van der Waals surface area contributed by atoms with E-state index in [9.17, 15) is 0 Å². The van der Waals surface area contributed by atoms with Crippen LogP contribution in [-0.4, -0.2) is 6.54 Å². The van der Waals surface area contributed by atoms with Gasteiger partial charge in [-0.25, -0.2) is 0 Å². The first kappa shape index (κ1) is 12.9. The molecular formula is C15H20BrNS. The van der Waals surface area contributed by atoms with Crippen molar-refractivity contribution >= 4 is 27.3 Å². The lowest BCUT2D eigenvalue weighted by atomic mass is 9.94. The number of hydrogen-bond donors (Lipinski definition) is 1. The van der Waals surface area contributed by atoms with E-state index in [1.165, 1.54) is 48.7 Å². The van der Waals surface area contributed by atoms with Crippen molar-refractivity contribution in [2.24, 2.45) is 0 Å². The van der Waals surface area contributed by atoms with E-state index >= 15 is 0 Å². The summed E-state index contributed by atoms with van der Waals surface area (Å²) >= 11 is 5.54. The number of halogens is 1. The Balaban J connectivity index is 1.57. The summed E-state index contributed by atoms with van der Waals surface area (Å²) in [5, 5.41) is 3.76. The summed E-state index contributed by atoms with van der Waals surface area (Å²) < 4.78 is 1.29. The predicted molar refractivity (Wildman–Crippen MR) is 82.3 cm³/mol. The van der Waals surface area contributed by atoms with Gasteiger partial charge in [0.15, 0.2) is 0 Å². The van der Waals surface area contributed by atoms with Crippen LogP contribution in [0.2, 0.25) is 0 Å². The van der Waals surface area contributed by atoms with Gasteiger partial charge >= 0.3 is 0 Å². The highest BCUT2D eigenvalue weighted by atomic mass is 79.9. The maximum absolute atomic E-state index is 3.76. The maximum atomic E-state index is 3.76. The molecule has 1 nitrogen and oxygen atoms in total. The first-order valence-electron chi connectivity index (χ1n) is 7.02. The van der Waals surface area contributed by atoms with Gasteiger partial charge in [-0.3, -0.25) is 0 Å². The highest BCUT2D eigenvalue weighted by molar-refractivity contribution is 9.11. The Hall–Kier alpha value is -0.120. The summed E-state index contributed by atoms with van der Waals surface area (Å²) in [5.41, 5.74) is 3.23. The molecule has 1 atom stereocenters. The number of rotatable bonds is 4. The molecule has 2 aliphatic carbocycles. The lowest BCUT2D eigenvalue weighted by molar-refractivity contribution is 0.466. The van der Waals surface area contributed by atoms with Gasteiger partial charge < -0.3 is 5.32 Å². The highest BCUT2D eigenvalue weighted by Gasteiger charge is 2.22. The van der Waals surface area contributed by atoms with Crippen molar-refractivity contribution in [3.05, 3.63) is 31.9 Å². The molecule has 1 N–H and O–H groups in total. The molecule has 3 rings (SSSR count). The topological polar surface area (TPSA) is 12.0 Å². The zero-order valence-corrected chi connectivity index (χ0v) is 13.1. The van der Waals surface area contributed by atoms with Crippen LogP contribution in [0.5, 0.6) is 0 Å². The molecule has 0 bridgehead atoms. The third-order valence-electron chi connectivity index (χ3n) is 4.06. The fraction of sp³-hybridized carbons (Fsp3) is 0.600. The van der Waals surface area contributed by atoms with Gasteiger partial charge in [-0.2, -0.15) is 0 Å². The lowest BCUT2D eigenvalue weighted by Gasteiger charge is -2.23. The van der Waals surface area contributed by atoms with Gasteiger partial charge in [0, 0.05) is 10.9 Å². The monoisotopic (exact) mass is 325 g/mol. The molecule has 0 amide bonds. The number of hydrogen-bond acceptors (Lipinski definition) is 2. The minimum Gasteiger partial charge on any atom is -0.310 e. The van der Waals surface area contributed by atoms with Crippen LogP contribution < -0.4 is 5.32 Å². The molecule has 1 unspecified atom stereocenters. The number of thiophene rings is 1. The van der Waals surface area contributed by atoms with Crippen molar-refractivity contribution in [2.45, 2.75) is 51.0 Å². The molecule has 0 saturated carbocycles. The Kier molecular flexibility index (Phi) is 4.22. The van der Waals surface area contributed by atoms with E-state index in [2.05, 4.69) is 33.4 Å². The molecule has 0 spiro atoms. The second-order valence-corrected chi connectivity index (χ2v) is 7.85. The van der Waals surface area contributed by atoms with Crippen LogP contribution in [0.25, 0.3) is 0 Å². The zero-order valence-electron chi connectivity index (χ0n) is 10.7. The van der Waals surface area contributed by atoms with E-state index < -0.39 is 0 Å². The van der Waals surface area contributed by atoms with Crippen molar-refractivity contribution < 1.29 is 0 Å². The van der Waals surface area contributed by atoms with Crippen LogP contribution in [0.15, 0.2) is 21.5 Å². The molecule has 0 radical (unpaired) electrons. The highest BCUT2D eigenvalue weighted by Crippen LogP contribution is 2.38. The van der Waals surface area contributed by atoms with Crippen LogP contribution in [0.1, 0.15) is 55.0 Å². The van der Waals surface area contributed by atoms with Crippen LogP contribution in [0.4, 0.5) is 0 Å². The lowest BCUT2D eigenvalue weighted by Crippen LogP contribution is -2.25. The molecule has 0 saturated heterocycles. The van der Waals surface area contributed by atoms with E-state index in [0.29, 0.717) is 6.04 Å². The van der Waals surface area contributed by atoms with Gasteiger partial charge in [0.1, 0.15) is 0 Å². The van der Waals surface area contributed by atoms with E-state index in [4.69, 9.17) is 0 Å². The second-order valence-electron chi connectivity index (χ2n) is 5.33. The standard InChI is InChI=1S/C15H20BrNS/c16-15-10-12-13(6-3-7-14(12)18-15)17-9-8-11-4-1-2-5-11/h4,10,13,17H,1-3,5-9H2. The molecule has 1 aromatic rings. The molecular weight excluding hydrogens is 306 g/mol. The van der Waals surface area contributed by atoms with Crippen LogP contribution in [-0.2, 0) is 6.42 Å². The SMILES string of the molecule is Brc1cc2c(s1)CCCC2NCCC1=CCCC1. The van der Waals surface area contributed by atoms with E-state index in [1.807, 2.05) is 11.3 Å². The quantitative estimate of drug-likeness (QED) is 0.770. The van der Waals surface area contributed by atoms with Crippen molar-refractivity contribution in [1.82, 2.24) is 5.32 Å². The van der Waals surface area contributed by atoms with Gasteiger partial charge in [-0.1, -0.05) is 11.6 Å². The second kappa shape index (κ2) is 5.89. The smallest absolute Gasteiger partial charge is 0.0704 e. The molecule has 0 aliphatic heterocycles. The Morgan fingerprint density at radius 3 is 3.11 bits per heavy atom. The van der Waals surface area contributed by atoms with Crippen molar-refractivity contribution in [3.8, 4) is 0 Å². The van der Waals surface area contributed by atoms with Gasteiger partial charge in [-0.05, 0) is 79.1 Å². The summed E-state index contributed by atoms with van der Waals surface area (Å²) in [7, 11) is 0. The van der Waals surface area contributed by atoms with Gasteiger partial charge in [-0.15, -0.1) is 11.3 Å².